The van der Waals surface area contributed by atoms with E-state index in [0.29, 0.717) is 34.3 Å². The molecule has 0 fully saturated rings. The van der Waals surface area contributed by atoms with E-state index in [-0.39, 0.29) is 11.3 Å². The molecule has 0 saturated heterocycles. The van der Waals surface area contributed by atoms with Gasteiger partial charge < -0.3 is 10.3 Å². The highest BCUT2D eigenvalue weighted by Crippen LogP contribution is 2.45. The maximum absolute atomic E-state index is 13.3. The molecule has 2 aliphatic rings. The number of aromatic amines is 1. The molecule has 0 radical (unpaired) electrons. The Kier molecular flexibility index (Phi) is 5.78. The lowest BCUT2D eigenvalue weighted by molar-refractivity contribution is -0.116. The quantitative estimate of drug-likeness (QED) is 0.350. The van der Waals surface area contributed by atoms with E-state index < -0.39 is 5.92 Å². The lowest BCUT2D eigenvalue weighted by Gasteiger charge is -2.33. The van der Waals surface area contributed by atoms with Crippen molar-refractivity contribution in [3.63, 3.8) is 0 Å². The largest absolute Gasteiger partial charge is 0.343 e. The van der Waals surface area contributed by atoms with E-state index in [9.17, 15) is 9.59 Å². The number of Topliss-reactive ketones (excluding diaryl/α,β-unsaturated/α-hetero) is 1. The molecule has 1 aromatic heterocycles. The van der Waals surface area contributed by atoms with Gasteiger partial charge in [-0.2, -0.15) is 0 Å². The summed E-state index contributed by atoms with van der Waals surface area (Å²) in [6, 6.07) is 16.1. The number of anilines is 1. The van der Waals surface area contributed by atoms with Gasteiger partial charge in [0.2, 0.25) is 0 Å². The molecule has 32 heavy (non-hydrogen) atoms. The molecule has 2 aromatic carbocycles. The Balaban J connectivity index is 1.56. The first-order chi connectivity index (χ1) is 15.5. The van der Waals surface area contributed by atoms with Crippen molar-refractivity contribution in [2.24, 2.45) is 0 Å². The lowest BCUT2D eigenvalue weighted by atomic mass is 9.76. The average Bonchev–Trinajstić information content (AvgIpc) is 2.78. The fraction of sp³-hybridized carbons (Fsp3) is 0.240. The molecular weight excluding hydrogens is 486 g/mol. The standard InChI is InChI=1S/C25H22BrN3O2S/c1-14-9-11-15(12-10-14)13-32-25-28-23-22(24(31)29-25)20(16-5-2-3-6-17(16)26)21-18(27-23)7-4-8-19(21)30/h2-3,5-6,9-12,20H,4,7-8,13H2,1H3,(H2,27,28,29,31). The van der Waals surface area contributed by atoms with Crippen LogP contribution in [0, 0.1) is 6.92 Å². The maximum atomic E-state index is 13.3. The molecule has 1 aliphatic carbocycles. The predicted octanol–water partition coefficient (Wildman–Crippen LogP) is 5.70. The van der Waals surface area contributed by atoms with E-state index in [1.165, 1.54) is 22.9 Å². The van der Waals surface area contributed by atoms with E-state index in [0.717, 1.165) is 28.6 Å². The van der Waals surface area contributed by atoms with Crippen molar-refractivity contribution in [3.05, 3.63) is 96.9 Å². The Hall–Kier alpha value is -2.64. The second-order valence-electron chi connectivity index (χ2n) is 8.16. The van der Waals surface area contributed by atoms with Crippen LogP contribution in [-0.2, 0) is 10.5 Å². The summed E-state index contributed by atoms with van der Waals surface area (Å²) < 4.78 is 0.875. The van der Waals surface area contributed by atoms with Crippen LogP contribution >= 0.6 is 27.7 Å². The van der Waals surface area contributed by atoms with E-state index in [1.807, 2.05) is 24.3 Å². The highest BCUT2D eigenvalue weighted by molar-refractivity contribution is 9.10. The zero-order chi connectivity index (χ0) is 22.2. The molecule has 2 N–H and O–H groups in total. The molecule has 1 unspecified atom stereocenters. The molecule has 5 nitrogen and oxygen atoms in total. The van der Waals surface area contributed by atoms with Crippen LogP contribution < -0.4 is 10.9 Å². The van der Waals surface area contributed by atoms with Gasteiger partial charge in [0.15, 0.2) is 10.9 Å². The topological polar surface area (TPSA) is 74.8 Å². The lowest BCUT2D eigenvalue weighted by Crippen LogP contribution is -2.32. The van der Waals surface area contributed by atoms with Crippen molar-refractivity contribution < 1.29 is 4.79 Å². The van der Waals surface area contributed by atoms with Gasteiger partial charge in [-0.1, -0.05) is 75.7 Å². The Morgan fingerprint density at radius 3 is 2.66 bits per heavy atom. The molecule has 3 aromatic rings. The first-order valence-electron chi connectivity index (χ1n) is 10.6. The molecular formula is C25H22BrN3O2S. The van der Waals surface area contributed by atoms with Crippen LogP contribution in [0.2, 0.25) is 0 Å². The van der Waals surface area contributed by atoms with Crippen molar-refractivity contribution in [2.75, 3.05) is 5.32 Å². The maximum Gasteiger partial charge on any atom is 0.257 e. The number of H-pyrrole nitrogens is 1. The highest BCUT2D eigenvalue weighted by Gasteiger charge is 2.38. The Morgan fingerprint density at radius 1 is 1.09 bits per heavy atom. The number of fused-ring (bicyclic) bond motifs is 1. The highest BCUT2D eigenvalue weighted by atomic mass is 79.9. The Bertz CT molecular complexity index is 1300. The summed E-state index contributed by atoms with van der Waals surface area (Å²) in [4.78, 5) is 34.0. The van der Waals surface area contributed by atoms with Gasteiger partial charge in [-0.3, -0.25) is 9.59 Å². The summed E-state index contributed by atoms with van der Waals surface area (Å²) in [7, 11) is 0. The molecule has 1 atom stereocenters. The molecule has 7 heteroatoms. The summed E-state index contributed by atoms with van der Waals surface area (Å²) in [5.41, 5.74) is 5.18. The number of rotatable bonds is 4. The third-order valence-corrected chi connectivity index (χ3v) is 7.62. The zero-order valence-corrected chi connectivity index (χ0v) is 20.0. The normalized spacial score (nSPS) is 17.6. The van der Waals surface area contributed by atoms with Crippen molar-refractivity contribution in [1.29, 1.82) is 0 Å². The predicted molar refractivity (Wildman–Crippen MR) is 131 cm³/mol. The van der Waals surface area contributed by atoms with E-state index >= 15 is 0 Å². The van der Waals surface area contributed by atoms with Crippen LogP contribution in [0.3, 0.4) is 0 Å². The van der Waals surface area contributed by atoms with Gasteiger partial charge >= 0.3 is 0 Å². The first kappa shape index (κ1) is 21.2. The number of nitrogens with one attached hydrogen (secondary N) is 2. The monoisotopic (exact) mass is 507 g/mol. The molecule has 5 rings (SSSR count). The van der Waals surface area contributed by atoms with Gasteiger partial charge in [-0.25, -0.2) is 4.98 Å². The summed E-state index contributed by atoms with van der Waals surface area (Å²) in [5.74, 6) is 0.927. The fourth-order valence-corrected chi connectivity index (χ4v) is 5.70. The van der Waals surface area contributed by atoms with Gasteiger partial charge in [0.05, 0.1) is 5.56 Å². The van der Waals surface area contributed by atoms with Crippen LogP contribution in [0.1, 0.15) is 47.4 Å². The molecule has 0 spiro atoms. The summed E-state index contributed by atoms with van der Waals surface area (Å²) >= 11 is 5.12. The number of benzene rings is 2. The Labute approximate surface area is 198 Å². The average molecular weight is 508 g/mol. The van der Waals surface area contributed by atoms with E-state index in [4.69, 9.17) is 4.98 Å². The second-order valence-corrected chi connectivity index (χ2v) is 9.97. The third-order valence-electron chi connectivity index (χ3n) is 5.95. The molecule has 162 valence electrons. The van der Waals surface area contributed by atoms with Crippen LogP contribution in [0.15, 0.2) is 74.2 Å². The summed E-state index contributed by atoms with van der Waals surface area (Å²) in [6.45, 7) is 2.06. The fourth-order valence-electron chi connectivity index (χ4n) is 4.37. The minimum Gasteiger partial charge on any atom is -0.343 e. The molecule has 0 bridgehead atoms. The third kappa shape index (κ3) is 3.95. The van der Waals surface area contributed by atoms with Crippen molar-refractivity contribution in [2.45, 2.75) is 43.0 Å². The number of carbonyl (C=O) groups excluding carboxylic acids is 1. The van der Waals surface area contributed by atoms with Gasteiger partial charge in [-0.05, 0) is 37.0 Å². The Morgan fingerprint density at radius 2 is 1.88 bits per heavy atom. The smallest absolute Gasteiger partial charge is 0.257 e. The van der Waals surface area contributed by atoms with Crippen molar-refractivity contribution in [1.82, 2.24) is 9.97 Å². The minimum absolute atomic E-state index is 0.0994. The van der Waals surface area contributed by atoms with E-state index in [1.54, 1.807) is 0 Å². The zero-order valence-electron chi connectivity index (χ0n) is 17.6. The number of hydrogen-bond donors (Lipinski definition) is 2. The molecule has 0 saturated carbocycles. The number of nitrogens with zero attached hydrogens (tertiary/aromatic N) is 1. The second kappa shape index (κ2) is 8.71. The minimum atomic E-state index is -0.433. The number of halogens is 1. The van der Waals surface area contributed by atoms with Crippen molar-refractivity contribution in [3.8, 4) is 0 Å². The van der Waals surface area contributed by atoms with Crippen LogP contribution in [-0.4, -0.2) is 15.8 Å². The van der Waals surface area contributed by atoms with Crippen LogP contribution in [0.25, 0.3) is 0 Å². The van der Waals surface area contributed by atoms with Gasteiger partial charge in [-0.15, -0.1) is 0 Å². The van der Waals surface area contributed by atoms with Gasteiger partial charge in [0, 0.05) is 33.8 Å². The van der Waals surface area contributed by atoms with Gasteiger partial charge in [0.25, 0.3) is 5.56 Å². The first-order valence-corrected chi connectivity index (χ1v) is 12.4. The number of aromatic nitrogens is 2. The van der Waals surface area contributed by atoms with Gasteiger partial charge in [0.1, 0.15) is 5.82 Å². The summed E-state index contributed by atoms with van der Waals surface area (Å²) in [5, 5.41) is 3.90. The molecule has 1 aliphatic heterocycles. The summed E-state index contributed by atoms with van der Waals surface area (Å²) in [6.07, 6.45) is 2.09. The molecule has 2 heterocycles. The number of hydrogen-bond acceptors (Lipinski definition) is 5. The molecule has 0 amide bonds. The van der Waals surface area contributed by atoms with Crippen molar-refractivity contribution >= 4 is 39.3 Å². The number of thioether (sulfide) groups is 1. The number of ketones is 1. The number of carbonyl (C=O) groups is 1. The van der Waals surface area contributed by atoms with Crippen LogP contribution in [0.5, 0.6) is 0 Å². The number of aryl methyl sites for hydroxylation is 1. The SMILES string of the molecule is Cc1ccc(CSc2nc3c(c(=O)[nH]2)C(c2ccccc2Br)C2=C(CCCC2=O)N3)cc1. The van der Waals surface area contributed by atoms with E-state index in [2.05, 4.69) is 57.4 Å². The van der Waals surface area contributed by atoms with Crippen LogP contribution in [0.4, 0.5) is 5.82 Å². The number of allylic oxidation sites excluding steroid dienone is 2.